The van der Waals surface area contributed by atoms with E-state index < -0.39 is 0 Å². The van der Waals surface area contributed by atoms with Crippen molar-refractivity contribution in [2.75, 3.05) is 19.8 Å². The molecular formula is C9H19NO2. The highest BCUT2D eigenvalue weighted by Gasteiger charge is 2.33. The van der Waals surface area contributed by atoms with Crippen molar-refractivity contribution >= 4 is 0 Å². The van der Waals surface area contributed by atoms with Gasteiger partial charge in [-0.25, -0.2) is 0 Å². The van der Waals surface area contributed by atoms with Crippen LogP contribution < -0.4 is 5.73 Å². The molecule has 1 aliphatic heterocycles. The second-order valence-corrected chi connectivity index (χ2v) is 3.21. The Balaban J connectivity index is 2.24. The van der Waals surface area contributed by atoms with Crippen LogP contribution in [0.2, 0.25) is 0 Å². The first-order chi connectivity index (χ1) is 5.83. The molecule has 0 bridgehead atoms. The van der Waals surface area contributed by atoms with E-state index in [1.807, 2.05) is 0 Å². The fraction of sp³-hybridized carbons (Fsp3) is 1.00. The molecule has 2 N–H and O–H groups in total. The predicted octanol–water partition coefficient (Wildman–Crippen LogP) is 1.27. The molecule has 0 aromatic carbocycles. The topological polar surface area (TPSA) is 44.5 Å². The first-order valence-corrected chi connectivity index (χ1v) is 4.81. The summed E-state index contributed by atoms with van der Waals surface area (Å²) in [6, 6.07) is 0. The maximum atomic E-state index is 5.57. The van der Waals surface area contributed by atoms with Crippen molar-refractivity contribution in [3.8, 4) is 0 Å². The van der Waals surface area contributed by atoms with Crippen molar-refractivity contribution in [1.29, 1.82) is 0 Å². The Morgan fingerprint density at radius 2 is 1.92 bits per heavy atom. The molecule has 3 heteroatoms. The number of ether oxygens (including phenoxy) is 2. The Kier molecular flexibility index (Phi) is 3.98. The average Bonchev–Trinajstić information content (AvgIpc) is 2.55. The van der Waals surface area contributed by atoms with Crippen LogP contribution in [0.4, 0.5) is 0 Å². The van der Waals surface area contributed by atoms with Crippen LogP contribution in [0, 0.1) is 0 Å². The van der Waals surface area contributed by atoms with Gasteiger partial charge in [-0.2, -0.15) is 0 Å². The van der Waals surface area contributed by atoms with Gasteiger partial charge in [0.2, 0.25) is 0 Å². The molecule has 72 valence electrons. The molecule has 1 saturated heterocycles. The molecule has 1 rings (SSSR count). The van der Waals surface area contributed by atoms with Crippen LogP contribution in [0.3, 0.4) is 0 Å². The van der Waals surface area contributed by atoms with Gasteiger partial charge in [0, 0.05) is 6.42 Å². The molecule has 0 atom stereocenters. The van der Waals surface area contributed by atoms with Crippen LogP contribution >= 0.6 is 0 Å². The number of rotatable bonds is 5. The summed E-state index contributed by atoms with van der Waals surface area (Å²) in [4.78, 5) is 0. The maximum absolute atomic E-state index is 5.57. The smallest absolute Gasteiger partial charge is 0.168 e. The van der Waals surface area contributed by atoms with Crippen molar-refractivity contribution < 1.29 is 9.47 Å². The van der Waals surface area contributed by atoms with Gasteiger partial charge in [-0.05, 0) is 25.8 Å². The second-order valence-electron chi connectivity index (χ2n) is 3.21. The zero-order valence-electron chi connectivity index (χ0n) is 7.84. The molecule has 0 saturated carbocycles. The van der Waals surface area contributed by atoms with Crippen LogP contribution in [0.15, 0.2) is 0 Å². The first-order valence-electron chi connectivity index (χ1n) is 4.81. The fourth-order valence-corrected chi connectivity index (χ4v) is 1.56. The van der Waals surface area contributed by atoms with Gasteiger partial charge in [0.15, 0.2) is 5.79 Å². The van der Waals surface area contributed by atoms with Crippen LogP contribution in [0.5, 0.6) is 0 Å². The zero-order valence-corrected chi connectivity index (χ0v) is 7.84. The lowest BCUT2D eigenvalue weighted by atomic mass is 10.1. The third kappa shape index (κ3) is 2.44. The van der Waals surface area contributed by atoms with Gasteiger partial charge in [0.25, 0.3) is 0 Å². The van der Waals surface area contributed by atoms with Gasteiger partial charge in [0.1, 0.15) is 0 Å². The van der Waals surface area contributed by atoms with Crippen molar-refractivity contribution in [2.24, 2.45) is 5.73 Å². The lowest BCUT2D eigenvalue weighted by molar-refractivity contribution is -0.164. The molecule has 1 heterocycles. The summed E-state index contributed by atoms with van der Waals surface area (Å²) in [5.41, 5.74) is 5.42. The van der Waals surface area contributed by atoms with E-state index in [0.717, 1.165) is 45.4 Å². The van der Waals surface area contributed by atoms with Crippen molar-refractivity contribution in [3.05, 3.63) is 0 Å². The summed E-state index contributed by atoms with van der Waals surface area (Å²) in [7, 11) is 0. The first kappa shape index (κ1) is 9.96. The van der Waals surface area contributed by atoms with E-state index in [0.29, 0.717) is 0 Å². The highest BCUT2D eigenvalue weighted by Crippen LogP contribution is 2.28. The van der Waals surface area contributed by atoms with Gasteiger partial charge >= 0.3 is 0 Å². The van der Waals surface area contributed by atoms with Crippen molar-refractivity contribution in [2.45, 2.75) is 38.4 Å². The largest absolute Gasteiger partial charge is 0.348 e. The molecule has 0 aliphatic carbocycles. The van der Waals surface area contributed by atoms with Crippen molar-refractivity contribution in [1.82, 2.24) is 0 Å². The monoisotopic (exact) mass is 173 g/mol. The summed E-state index contributed by atoms with van der Waals surface area (Å²) < 4.78 is 11.1. The molecule has 0 aromatic rings. The highest BCUT2D eigenvalue weighted by molar-refractivity contribution is 4.72. The molecule has 0 radical (unpaired) electrons. The van der Waals surface area contributed by atoms with Crippen LogP contribution in [0.1, 0.15) is 32.6 Å². The SMILES string of the molecule is CCC1(CCCCN)OCCO1. The number of hydrogen-bond acceptors (Lipinski definition) is 3. The summed E-state index contributed by atoms with van der Waals surface area (Å²) in [5, 5.41) is 0. The number of unbranched alkanes of at least 4 members (excludes halogenated alkanes) is 1. The minimum atomic E-state index is -0.269. The quantitative estimate of drug-likeness (QED) is 0.637. The lowest BCUT2D eigenvalue weighted by Crippen LogP contribution is -2.29. The highest BCUT2D eigenvalue weighted by atomic mass is 16.7. The van der Waals surface area contributed by atoms with Crippen LogP contribution in [-0.4, -0.2) is 25.5 Å². The zero-order chi connectivity index (χ0) is 8.86. The van der Waals surface area contributed by atoms with Crippen LogP contribution in [0.25, 0.3) is 0 Å². The normalized spacial score (nSPS) is 21.5. The van der Waals surface area contributed by atoms with E-state index in [-0.39, 0.29) is 5.79 Å². The predicted molar refractivity (Wildman–Crippen MR) is 47.8 cm³/mol. The van der Waals surface area contributed by atoms with E-state index in [1.165, 1.54) is 0 Å². The fourth-order valence-electron chi connectivity index (χ4n) is 1.56. The maximum Gasteiger partial charge on any atom is 0.168 e. The Morgan fingerprint density at radius 3 is 2.42 bits per heavy atom. The Hall–Kier alpha value is -0.120. The Labute approximate surface area is 74.2 Å². The standard InChI is InChI=1S/C9H19NO2/c1-2-9(5-3-4-6-10)11-7-8-12-9/h2-8,10H2,1H3. The van der Waals surface area contributed by atoms with E-state index in [9.17, 15) is 0 Å². The number of nitrogens with two attached hydrogens (primary N) is 1. The van der Waals surface area contributed by atoms with E-state index in [1.54, 1.807) is 0 Å². The minimum absolute atomic E-state index is 0.269. The van der Waals surface area contributed by atoms with Gasteiger partial charge < -0.3 is 15.2 Å². The summed E-state index contributed by atoms with van der Waals surface area (Å²) in [6.07, 6.45) is 4.09. The molecule has 1 fully saturated rings. The second kappa shape index (κ2) is 4.80. The van der Waals surface area contributed by atoms with Gasteiger partial charge in [-0.3, -0.25) is 0 Å². The molecule has 3 nitrogen and oxygen atoms in total. The van der Waals surface area contributed by atoms with E-state index in [2.05, 4.69) is 6.92 Å². The molecule has 0 aromatic heterocycles. The molecular weight excluding hydrogens is 154 g/mol. The third-order valence-corrected chi connectivity index (χ3v) is 2.36. The minimum Gasteiger partial charge on any atom is -0.348 e. The lowest BCUT2D eigenvalue weighted by Gasteiger charge is -2.25. The Morgan fingerprint density at radius 1 is 1.25 bits per heavy atom. The van der Waals surface area contributed by atoms with Crippen LogP contribution in [-0.2, 0) is 9.47 Å². The molecule has 0 spiro atoms. The average molecular weight is 173 g/mol. The molecule has 12 heavy (non-hydrogen) atoms. The Bertz CT molecular complexity index is 122. The molecule has 0 amide bonds. The van der Waals surface area contributed by atoms with E-state index in [4.69, 9.17) is 15.2 Å². The molecule has 0 unspecified atom stereocenters. The van der Waals surface area contributed by atoms with Gasteiger partial charge in [-0.15, -0.1) is 0 Å². The van der Waals surface area contributed by atoms with E-state index >= 15 is 0 Å². The van der Waals surface area contributed by atoms with Crippen molar-refractivity contribution in [3.63, 3.8) is 0 Å². The number of hydrogen-bond donors (Lipinski definition) is 1. The summed E-state index contributed by atoms with van der Waals surface area (Å²) >= 11 is 0. The third-order valence-electron chi connectivity index (χ3n) is 2.36. The summed E-state index contributed by atoms with van der Waals surface area (Å²) in [6.45, 7) is 4.36. The molecule has 1 aliphatic rings. The van der Waals surface area contributed by atoms with Gasteiger partial charge in [0.05, 0.1) is 13.2 Å². The summed E-state index contributed by atoms with van der Waals surface area (Å²) in [5.74, 6) is -0.269. The van der Waals surface area contributed by atoms with Gasteiger partial charge in [-0.1, -0.05) is 6.92 Å².